The van der Waals surface area contributed by atoms with Crippen LogP contribution < -0.4 is 16.3 Å². The summed E-state index contributed by atoms with van der Waals surface area (Å²) in [5.41, 5.74) is 10.3. The summed E-state index contributed by atoms with van der Waals surface area (Å²) in [4.78, 5) is 40.5. The van der Waals surface area contributed by atoms with E-state index in [-0.39, 0.29) is 34.1 Å². The molecule has 4 rings (SSSR count). The third kappa shape index (κ3) is 5.39. The molecule has 1 aromatic heterocycles. The Kier molecular flexibility index (Phi) is 8.35. The molecular weight excluding hydrogens is 512 g/mol. The molecule has 1 aliphatic rings. The molecule has 1 unspecified atom stereocenters. The Balaban J connectivity index is 2.02. The highest BCUT2D eigenvalue weighted by molar-refractivity contribution is 8.10. The van der Waals surface area contributed by atoms with Gasteiger partial charge in [0.05, 0.1) is 24.8 Å². The molecule has 39 heavy (non-hydrogen) atoms. The topological polar surface area (TPSA) is 101 Å². The lowest BCUT2D eigenvalue weighted by Crippen LogP contribution is -2.42. The average Bonchev–Trinajstić information content (AvgIpc) is 3.21. The largest absolute Gasteiger partial charge is 0.464 e. The van der Waals surface area contributed by atoms with Crippen molar-refractivity contribution in [3.63, 3.8) is 0 Å². The molecule has 0 aliphatic carbocycles. The molecule has 0 saturated heterocycles. The Labute approximate surface area is 232 Å². The summed E-state index contributed by atoms with van der Waals surface area (Å²) < 4.78 is 11.7. The number of methoxy groups -OCH3 is 1. The number of aromatic nitrogens is 1. The number of rotatable bonds is 7. The highest BCUT2D eigenvalue weighted by atomic mass is 32.2. The summed E-state index contributed by atoms with van der Waals surface area (Å²) in [6.45, 7) is 10.3. The molecular formula is C31H34N2O5S. The van der Waals surface area contributed by atoms with Crippen molar-refractivity contribution in [2.45, 2.75) is 51.7 Å². The zero-order chi connectivity index (χ0) is 28.4. The minimum Gasteiger partial charge on any atom is -0.464 e. The summed E-state index contributed by atoms with van der Waals surface area (Å²) in [7, 11) is 1.23. The Morgan fingerprint density at radius 3 is 2.05 bits per heavy atom. The molecule has 2 aromatic carbocycles. The SMILES string of the molecule is CCOC(=O)C1=c2/c(=C/c3ccc(C(C)C)cc3)c(N)c(C(=O)OC)n2C(=O)C(c2ccc(C(C)C)cc2)S1. The zero-order valence-corrected chi connectivity index (χ0v) is 23.9. The van der Waals surface area contributed by atoms with Gasteiger partial charge in [0.25, 0.3) is 0 Å². The van der Waals surface area contributed by atoms with Crippen molar-refractivity contribution in [1.29, 1.82) is 0 Å². The van der Waals surface area contributed by atoms with Gasteiger partial charge in [-0.1, -0.05) is 88.0 Å². The van der Waals surface area contributed by atoms with E-state index in [9.17, 15) is 14.4 Å². The number of carbonyl (C=O) groups excluding carboxylic acids is 3. The fourth-order valence-corrected chi connectivity index (χ4v) is 5.79. The van der Waals surface area contributed by atoms with E-state index in [1.165, 1.54) is 17.2 Å². The molecule has 2 N–H and O–H groups in total. The second kappa shape index (κ2) is 11.5. The monoisotopic (exact) mass is 546 g/mol. The van der Waals surface area contributed by atoms with Gasteiger partial charge in [-0.05, 0) is 47.1 Å². The summed E-state index contributed by atoms with van der Waals surface area (Å²) in [6.07, 6.45) is 1.78. The number of anilines is 1. The van der Waals surface area contributed by atoms with Crippen molar-refractivity contribution < 1.29 is 23.9 Å². The minimum absolute atomic E-state index is 0.0661. The third-order valence-electron chi connectivity index (χ3n) is 6.80. The number of nitrogens with two attached hydrogens (primary N) is 1. The predicted molar refractivity (Wildman–Crippen MR) is 155 cm³/mol. The van der Waals surface area contributed by atoms with Gasteiger partial charge in [-0.25, -0.2) is 9.59 Å². The molecule has 1 atom stereocenters. The number of hydrogen-bond donors (Lipinski definition) is 1. The van der Waals surface area contributed by atoms with E-state index in [1.54, 1.807) is 13.0 Å². The predicted octanol–water partition coefficient (Wildman–Crippen LogP) is 4.73. The Bertz CT molecular complexity index is 1530. The van der Waals surface area contributed by atoms with Crippen molar-refractivity contribution in [1.82, 2.24) is 4.57 Å². The van der Waals surface area contributed by atoms with Gasteiger partial charge in [-0.3, -0.25) is 9.36 Å². The van der Waals surface area contributed by atoms with E-state index in [2.05, 4.69) is 27.7 Å². The number of fused-ring (bicyclic) bond motifs is 1. The number of thioether (sulfide) groups is 1. The molecule has 0 radical (unpaired) electrons. The first-order chi connectivity index (χ1) is 18.6. The van der Waals surface area contributed by atoms with Crippen LogP contribution in [0.5, 0.6) is 0 Å². The third-order valence-corrected chi connectivity index (χ3v) is 8.11. The van der Waals surface area contributed by atoms with Crippen molar-refractivity contribution >= 4 is 46.3 Å². The quantitative estimate of drug-likeness (QED) is 0.428. The Morgan fingerprint density at radius 1 is 0.974 bits per heavy atom. The van der Waals surface area contributed by atoms with Gasteiger partial charge >= 0.3 is 11.9 Å². The lowest BCUT2D eigenvalue weighted by Gasteiger charge is -2.23. The zero-order valence-electron chi connectivity index (χ0n) is 23.1. The van der Waals surface area contributed by atoms with Crippen molar-refractivity contribution in [3.05, 3.63) is 87.0 Å². The number of nitrogens with zero attached hydrogens (tertiary/aromatic N) is 1. The molecule has 0 fully saturated rings. The van der Waals surface area contributed by atoms with Crippen LogP contribution in [-0.4, -0.2) is 36.1 Å². The molecule has 204 valence electrons. The lowest BCUT2D eigenvalue weighted by atomic mass is 10.0. The van der Waals surface area contributed by atoms with Crippen molar-refractivity contribution in [2.24, 2.45) is 0 Å². The number of benzene rings is 2. The minimum atomic E-state index is -0.786. The van der Waals surface area contributed by atoms with E-state index < -0.39 is 17.2 Å². The lowest BCUT2D eigenvalue weighted by molar-refractivity contribution is -0.135. The highest BCUT2D eigenvalue weighted by Gasteiger charge is 2.38. The number of esters is 2. The maximum atomic E-state index is 14.0. The Hall–Kier alpha value is -3.78. The molecule has 0 saturated carbocycles. The second-order valence-corrected chi connectivity index (χ2v) is 11.1. The molecule has 0 spiro atoms. The van der Waals surface area contributed by atoms with Gasteiger partial charge in [0.2, 0.25) is 5.91 Å². The first kappa shape index (κ1) is 28.2. The molecule has 0 amide bonds. The van der Waals surface area contributed by atoms with Crippen LogP contribution in [0.25, 0.3) is 11.0 Å². The molecule has 7 nitrogen and oxygen atoms in total. The van der Waals surface area contributed by atoms with Crippen LogP contribution in [0.15, 0.2) is 48.5 Å². The van der Waals surface area contributed by atoms with Crippen molar-refractivity contribution in [2.75, 3.05) is 19.5 Å². The van der Waals surface area contributed by atoms with Gasteiger partial charge < -0.3 is 15.2 Å². The number of ether oxygens (including phenoxy) is 2. The van der Waals surface area contributed by atoms with Crippen LogP contribution >= 0.6 is 11.8 Å². The molecule has 8 heteroatoms. The molecule has 1 aliphatic heterocycles. The van der Waals surface area contributed by atoms with Crippen molar-refractivity contribution in [3.8, 4) is 0 Å². The number of carbonyl (C=O) groups is 3. The van der Waals surface area contributed by atoms with E-state index in [4.69, 9.17) is 15.2 Å². The van der Waals surface area contributed by atoms with Crippen LogP contribution in [-0.2, 0) is 14.3 Å². The molecule has 2 heterocycles. The van der Waals surface area contributed by atoms with Crippen LogP contribution in [0.4, 0.5) is 5.69 Å². The summed E-state index contributed by atoms with van der Waals surface area (Å²) in [6, 6.07) is 15.6. The molecule has 0 bridgehead atoms. The standard InChI is InChI=1S/C31H34N2O5S/c1-7-38-31(36)28-25-23(16-19-8-10-20(11-9-19)17(2)3)24(32)26(30(35)37-6)33(25)29(34)27(39-28)22-14-12-21(13-15-22)18(4)5/h8-18,27H,7,32H2,1-6H3/b23-16+. The Morgan fingerprint density at radius 2 is 1.54 bits per heavy atom. The summed E-state index contributed by atoms with van der Waals surface area (Å²) >= 11 is 1.11. The fourth-order valence-electron chi connectivity index (χ4n) is 4.59. The van der Waals surface area contributed by atoms with Crippen LogP contribution in [0.3, 0.4) is 0 Å². The van der Waals surface area contributed by atoms with Gasteiger partial charge in [0.15, 0.2) is 5.69 Å². The first-order valence-corrected chi connectivity index (χ1v) is 13.9. The van der Waals surface area contributed by atoms with E-state index >= 15 is 0 Å². The number of hydrogen-bond acceptors (Lipinski definition) is 7. The van der Waals surface area contributed by atoms with Crippen LogP contribution in [0.2, 0.25) is 0 Å². The highest BCUT2D eigenvalue weighted by Crippen LogP contribution is 2.40. The maximum absolute atomic E-state index is 14.0. The van der Waals surface area contributed by atoms with Gasteiger partial charge in [0.1, 0.15) is 10.2 Å². The average molecular weight is 547 g/mol. The molecule has 3 aromatic rings. The summed E-state index contributed by atoms with van der Waals surface area (Å²) in [5, 5.41) is -0.152. The summed E-state index contributed by atoms with van der Waals surface area (Å²) in [5.74, 6) is -1.05. The second-order valence-electron chi connectivity index (χ2n) is 10.0. The van der Waals surface area contributed by atoms with Crippen LogP contribution in [0.1, 0.15) is 89.2 Å². The van der Waals surface area contributed by atoms with Gasteiger partial charge in [-0.15, -0.1) is 0 Å². The van der Waals surface area contributed by atoms with E-state index in [0.29, 0.717) is 22.6 Å². The normalized spacial score (nSPS) is 15.6. The first-order valence-electron chi connectivity index (χ1n) is 13.0. The van der Waals surface area contributed by atoms with E-state index in [0.717, 1.165) is 22.9 Å². The number of nitrogen functional groups attached to an aromatic ring is 1. The van der Waals surface area contributed by atoms with Gasteiger partial charge in [-0.2, -0.15) is 0 Å². The maximum Gasteiger partial charge on any atom is 0.357 e. The van der Waals surface area contributed by atoms with Gasteiger partial charge in [0, 0.05) is 5.22 Å². The van der Waals surface area contributed by atoms with Crippen LogP contribution in [0, 0.1) is 0 Å². The fraction of sp³-hybridized carbons (Fsp3) is 0.323. The van der Waals surface area contributed by atoms with E-state index in [1.807, 2.05) is 48.5 Å². The smallest absolute Gasteiger partial charge is 0.357 e.